The first-order chi connectivity index (χ1) is 9.43. The molecule has 1 nitrogen and oxygen atoms in total. The number of hydrogen-bond donors (Lipinski definition) is 0. The van der Waals surface area contributed by atoms with E-state index in [0.717, 1.165) is 12.8 Å². The molecular weight excluding hydrogens is 230 g/mol. The molecule has 1 aliphatic carbocycles. The topological polar surface area (TPSA) is 4.93 Å². The summed E-state index contributed by atoms with van der Waals surface area (Å²) in [5.41, 5.74) is 6.74. The fraction of sp³-hybridized carbons (Fsp3) is 0.111. The first-order valence-electron chi connectivity index (χ1n) is 6.69. The Kier molecular flexibility index (Phi) is 2.31. The highest BCUT2D eigenvalue weighted by molar-refractivity contribution is 5.73. The highest BCUT2D eigenvalue weighted by atomic mass is 15.0. The van der Waals surface area contributed by atoms with E-state index in [-0.39, 0.29) is 0 Å². The quantitative estimate of drug-likeness (QED) is 0.608. The van der Waals surface area contributed by atoms with Gasteiger partial charge in [0.25, 0.3) is 0 Å². The summed E-state index contributed by atoms with van der Waals surface area (Å²) < 4.78 is 2.20. The molecule has 19 heavy (non-hydrogen) atoms. The van der Waals surface area contributed by atoms with Gasteiger partial charge in [0.2, 0.25) is 0 Å². The Balaban J connectivity index is 1.91. The zero-order chi connectivity index (χ0) is 12.7. The van der Waals surface area contributed by atoms with Crippen LogP contribution in [0.15, 0.2) is 60.7 Å². The molecule has 0 N–H and O–H groups in total. The third-order valence-corrected chi connectivity index (χ3v) is 3.87. The maximum atomic E-state index is 3.39. The summed E-state index contributed by atoms with van der Waals surface area (Å²) in [5.74, 6) is 0. The van der Waals surface area contributed by atoms with Gasteiger partial charge in [0, 0.05) is 16.9 Å². The Morgan fingerprint density at radius 2 is 1.58 bits per heavy atom. The minimum absolute atomic E-state index is 1.09. The highest BCUT2D eigenvalue weighted by Gasteiger charge is 2.19. The monoisotopic (exact) mass is 244 g/mol. The number of aryl methyl sites for hydroxylation is 1. The molecule has 0 atom stereocenters. The summed E-state index contributed by atoms with van der Waals surface area (Å²) in [5, 5.41) is 0. The van der Waals surface area contributed by atoms with Crippen molar-refractivity contribution in [1.82, 2.24) is 4.57 Å². The second kappa shape index (κ2) is 4.13. The Labute approximate surface area is 113 Å². The van der Waals surface area contributed by atoms with E-state index in [0.29, 0.717) is 0 Å². The molecular formula is C18H14N. The molecule has 91 valence electrons. The van der Waals surface area contributed by atoms with Crippen LogP contribution in [-0.4, -0.2) is 4.57 Å². The van der Waals surface area contributed by atoms with E-state index >= 15 is 0 Å². The smallest absolute Gasteiger partial charge is 0.0706 e. The lowest BCUT2D eigenvalue weighted by Crippen LogP contribution is -2.07. The number of nitrogens with zero attached hydrogens (tertiary/aromatic N) is 1. The van der Waals surface area contributed by atoms with Crippen LogP contribution in [-0.2, 0) is 12.8 Å². The standard InChI is InChI=1S/C18H14N/c1-2-7-15(8-3-1)19-13-12-17-16-9-5-4-6-14(16)10-11-18(17)19/h1-9,12H,10-11H2. The van der Waals surface area contributed by atoms with Gasteiger partial charge in [-0.25, -0.2) is 0 Å². The van der Waals surface area contributed by atoms with E-state index in [4.69, 9.17) is 0 Å². The third-order valence-electron chi connectivity index (χ3n) is 3.87. The summed E-state index contributed by atoms with van der Waals surface area (Å²) in [6.45, 7) is 0. The Bertz CT molecular complexity index is 709. The van der Waals surface area contributed by atoms with Crippen LogP contribution in [0.3, 0.4) is 0 Å². The molecule has 0 bridgehead atoms. The molecule has 0 amide bonds. The van der Waals surface area contributed by atoms with Gasteiger partial charge >= 0.3 is 0 Å². The van der Waals surface area contributed by atoms with Crippen molar-refractivity contribution in [3.63, 3.8) is 0 Å². The maximum absolute atomic E-state index is 3.39. The van der Waals surface area contributed by atoms with Crippen molar-refractivity contribution in [3.8, 4) is 16.8 Å². The molecule has 1 heteroatoms. The van der Waals surface area contributed by atoms with Crippen molar-refractivity contribution in [2.45, 2.75) is 12.8 Å². The van der Waals surface area contributed by atoms with Crippen LogP contribution in [0, 0.1) is 6.20 Å². The first-order valence-corrected chi connectivity index (χ1v) is 6.69. The van der Waals surface area contributed by atoms with Gasteiger partial charge in [0.05, 0.1) is 6.20 Å². The molecule has 1 aliphatic rings. The van der Waals surface area contributed by atoms with Gasteiger partial charge in [-0.05, 0) is 42.2 Å². The van der Waals surface area contributed by atoms with Gasteiger partial charge in [0.15, 0.2) is 0 Å². The predicted molar refractivity (Wildman–Crippen MR) is 77.4 cm³/mol. The van der Waals surface area contributed by atoms with Crippen LogP contribution in [0.5, 0.6) is 0 Å². The van der Waals surface area contributed by atoms with Gasteiger partial charge in [-0.15, -0.1) is 0 Å². The van der Waals surface area contributed by atoms with E-state index < -0.39 is 0 Å². The molecule has 0 unspecified atom stereocenters. The minimum Gasteiger partial charge on any atom is -0.311 e. The van der Waals surface area contributed by atoms with Crippen LogP contribution < -0.4 is 0 Å². The van der Waals surface area contributed by atoms with E-state index in [2.05, 4.69) is 71.4 Å². The van der Waals surface area contributed by atoms with E-state index in [1.165, 1.54) is 28.1 Å². The minimum atomic E-state index is 1.09. The molecule has 1 heterocycles. The van der Waals surface area contributed by atoms with Crippen molar-refractivity contribution >= 4 is 0 Å². The maximum Gasteiger partial charge on any atom is 0.0706 e. The predicted octanol–water partition coefficient (Wildman–Crippen LogP) is 4.04. The summed E-state index contributed by atoms with van der Waals surface area (Å²) >= 11 is 0. The van der Waals surface area contributed by atoms with Crippen molar-refractivity contribution in [1.29, 1.82) is 0 Å². The zero-order valence-electron chi connectivity index (χ0n) is 10.6. The molecule has 0 saturated heterocycles. The van der Waals surface area contributed by atoms with Crippen molar-refractivity contribution in [3.05, 3.63) is 78.1 Å². The van der Waals surface area contributed by atoms with Crippen LogP contribution in [0.25, 0.3) is 16.8 Å². The number of rotatable bonds is 1. The summed E-state index contributed by atoms with van der Waals surface area (Å²) in [6, 6.07) is 21.3. The molecule has 0 aliphatic heterocycles. The summed E-state index contributed by atoms with van der Waals surface area (Å²) in [4.78, 5) is 0. The van der Waals surface area contributed by atoms with Gasteiger partial charge in [-0.1, -0.05) is 42.5 Å². The number of hydrogen-bond acceptors (Lipinski definition) is 0. The Morgan fingerprint density at radius 1 is 0.789 bits per heavy atom. The third kappa shape index (κ3) is 1.62. The fourth-order valence-corrected chi connectivity index (χ4v) is 2.95. The highest BCUT2D eigenvalue weighted by Crippen LogP contribution is 2.34. The molecule has 2 aromatic carbocycles. The zero-order valence-corrected chi connectivity index (χ0v) is 10.6. The molecule has 0 fully saturated rings. The van der Waals surface area contributed by atoms with E-state index in [1.807, 2.05) is 0 Å². The molecule has 3 aromatic rings. The second-order valence-electron chi connectivity index (χ2n) is 4.96. The van der Waals surface area contributed by atoms with Crippen molar-refractivity contribution < 1.29 is 0 Å². The second-order valence-corrected chi connectivity index (χ2v) is 4.96. The normalized spacial score (nSPS) is 12.8. The van der Waals surface area contributed by atoms with Gasteiger partial charge in [0.1, 0.15) is 0 Å². The summed E-state index contributed by atoms with van der Waals surface area (Å²) in [6.07, 6.45) is 5.60. The number of fused-ring (bicyclic) bond motifs is 3. The first kappa shape index (κ1) is 10.6. The lowest BCUT2D eigenvalue weighted by molar-refractivity contribution is 0.852. The van der Waals surface area contributed by atoms with Crippen molar-refractivity contribution in [2.75, 3.05) is 0 Å². The molecule has 0 saturated carbocycles. The SMILES string of the molecule is [c]1cc2c(n1-c1ccccc1)CCc1ccccc1-2. The van der Waals surface area contributed by atoms with Gasteiger partial charge in [-0.3, -0.25) is 0 Å². The van der Waals surface area contributed by atoms with Crippen LogP contribution in [0.4, 0.5) is 0 Å². The number of benzene rings is 2. The van der Waals surface area contributed by atoms with Crippen LogP contribution in [0.1, 0.15) is 11.3 Å². The molecule has 1 radical (unpaired) electrons. The summed E-state index contributed by atoms with van der Waals surface area (Å²) in [7, 11) is 0. The molecule has 1 aromatic heterocycles. The Hall–Kier alpha value is -2.28. The van der Waals surface area contributed by atoms with Crippen molar-refractivity contribution in [2.24, 2.45) is 0 Å². The van der Waals surface area contributed by atoms with Gasteiger partial charge < -0.3 is 4.57 Å². The molecule has 0 spiro atoms. The van der Waals surface area contributed by atoms with Crippen LogP contribution >= 0.6 is 0 Å². The van der Waals surface area contributed by atoms with Crippen LogP contribution in [0.2, 0.25) is 0 Å². The van der Waals surface area contributed by atoms with E-state index in [1.54, 1.807) is 0 Å². The molecule has 4 rings (SSSR count). The average Bonchev–Trinajstić information content (AvgIpc) is 2.92. The lowest BCUT2D eigenvalue weighted by atomic mass is 9.90. The van der Waals surface area contributed by atoms with E-state index in [9.17, 15) is 0 Å². The van der Waals surface area contributed by atoms with Gasteiger partial charge in [-0.2, -0.15) is 0 Å². The fourth-order valence-electron chi connectivity index (χ4n) is 2.95. The largest absolute Gasteiger partial charge is 0.311 e. The average molecular weight is 244 g/mol. The number of para-hydroxylation sites is 1. The lowest BCUT2D eigenvalue weighted by Gasteiger charge is -2.19. The Morgan fingerprint density at radius 3 is 2.47 bits per heavy atom. The number of aromatic nitrogens is 1.